The molecule has 0 bridgehead atoms. The molecule has 0 radical (unpaired) electrons. The van der Waals surface area contributed by atoms with E-state index in [-0.39, 0.29) is 5.92 Å². The molecule has 0 aliphatic carbocycles. The molecule has 2 nitrogen and oxygen atoms in total. The molecule has 0 saturated carbocycles. The van der Waals surface area contributed by atoms with Crippen LogP contribution in [0.3, 0.4) is 0 Å². The summed E-state index contributed by atoms with van der Waals surface area (Å²) in [6.07, 6.45) is 2.58. The summed E-state index contributed by atoms with van der Waals surface area (Å²) in [5.74, 6) is -0.740. The largest absolute Gasteiger partial charge is 0.478 e. The molecule has 2 heteroatoms. The van der Waals surface area contributed by atoms with E-state index < -0.39 is 5.97 Å². The highest BCUT2D eigenvalue weighted by atomic mass is 16.4. The molecule has 0 amide bonds. The van der Waals surface area contributed by atoms with Crippen LogP contribution in [-0.4, -0.2) is 11.1 Å². The Morgan fingerprint density at radius 2 is 2.00 bits per heavy atom. The van der Waals surface area contributed by atoms with Gasteiger partial charge in [-0.3, -0.25) is 0 Å². The molecule has 1 atom stereocenters. The van der Waals surface area contributed by atoms with Gasteiger partial charge in [0, 0.05) is 5.57 Å². The number of carboxylic acids is 1. The molecule has 0 aliphatic rings. The van der Waals surface area contributed by atoms with Crippen LogP contribution < -0.4 is 0 Å². The third-order valence-corrected chi connectivity index (χ3v) is 2.51. The van der Waals surface area contributed by atoms with Crippen LogP contribution in [0.4, 0.5) is 0 Å². The Labute approximate surface area is 90.3 Å². The number of aliphatic carboxylic acids is 1. The summed E-state index contributed by atoms with van der Waals surface area (Å²) >= 11 is 0. The van der Waals surface area contributed by atoms with Crippen molar-refractivity contribution in [3.63, 3.8) is 0 Å². The van der Waals surface area contributed by atoms with E-state index in [4.69, 9.17) is 5.11 Å². The van der Waals surface area contributed by atoms with Crippen LogP contribution in [0.25, 0.3) is 6.08 Å². The van der Waals surface area contributed by atoms with Crippen LogP contribution in [0.1, 0.15) is 25.8 Å². The van der Waals surface area contributed by atoms with Crippen molar-refractivity contribution in [3.8, 4) is 0 Å². The van der Waals surface area contributed by atoms with E-state index in [1.807, 2.05) is 44.2 Å². The molecule has 15 heavy (non-hydrogen) atoms. The highest BCUT2D eigenvalue weighted by Crippen LogP contribution is 2.18. The summed E-state index contributed by atoms with van der Waals surface area (Å²) in [6, 6.07) is 9.54. The molecule has 1 rings (SSSR count). The van der Waals surface area contributed by atoms with Gasteiger partial charge in [0.25, 0.3) is 0 Å². The van der Waals surface area contributed by atoms with Crippen molar-refractivity contribution in [2.75, 3.05) is 0 Å². The monoisotopic (exact) mass is 204 g/mol. The number of carbonyl (C=O) groups is 1. The van der Waals surface area contributed by atoms with Crippen LogP contribution in [0.2, 0.25) is 0 Å². The average Bonchev–Trinajstić information content (AvgIpc) is 2.26. The number of carboxylic acid groups (broad SMARTS) is 1. The van der Waals surface area contributed by atoms with Crippen LogP contribution in [0, 0.1) is 5.92 Å². The third-order valence-electron chi connectivity index (χ3n) is 2.51. The van der Waals surface area contributed by atoms with E-state index in [0.717, 1.165) is 12.0 Å². The van der Waals surface area contributed by atoms with Gasteiger partial charge in [-0.2, -0.15) is 0 Å². The first-order valence-electron chi connectivity index (χ1n) is 5.15. The maximum Gasteiger partial charge on any atom is 0.331 e. The first-order chi connectivity index (χ1) is 7.15. The van der Waals surface area contributed by atoms with Crippen molar-refractivity contribution in [2.45, 2.75) is 20.3 Å². The van der Waals surface area contributed by atoms with Gasteiger partial charge in [0.05, 0.1) is 0 Å². The molecular formula is C13H16O2. The van der Waals surface area contributed by atoms with E-state index in [2.05, 4.69) is 0 Å². The van der Waals surface area contributed by atoms with Gasteiger partial charge >= 0.3 is 5.97 Å². The lowest BCUT2D eigenvalue weighted by molar-refractivity contribution is -0.133. The van der Waals surface area contributed by atoms with E-state index in [9.17, 15) is 4.79 Å². The van der Waals surface area contributed by atoms with E-state index in [1.165, 1.54) is 0 Å². The normalized spacial score (nSPS) is 13.6. The molecule has 0 fully saturated rings. The van der Waals surface area contributed by atoms with Gasteiger partial charge in [-0.15, -0.1) is 0 Å². The van der Waals surface area contributed by atoms with Crippen LogP contribution >= 0.6 is 0 Å². The number of rotatable bonds is 4. The SMILES string of the molecule is CCC(C)C(=Cc1ccccc1)C(=O)O. The maximum atomic E-state index is 11.0. The molecule has 1 aromatic carbocycles. The number of benzene rings is 1. The lowest BCUT2D eigenvalue weighted by Crippen LogP contribution is -2.08. The second-order valence-corrected chi connectivity index (χ2v) is 3.62. The Morgan fingerprint density at radius 3 is 2.47 bits per heavy atom. The summed E-state index contributed by atoms with van der Waals surface area (Å²) in [5.41, 5.74) is 1.42. The van der Waals surface area contributed by atoms with E-state index >= 15 is 0 Å². The minimum Gasteiger partial charge on any atom is -0.478 e. The summed E-state index contributed by atoms with van der Waals surface area (Å²) in [4.78, 5) is 11.0. The fraction of sp³-hybridized carbons (Fsp3) is 0.308. The molecule has 0 heterocycles. The zero-order chi connectivity index (χ0) is 11.3. The topological polar surface area (TPSA) is 37.3 Å². The first kappa shape index (κ1) is 11.5. The number of hydrogen-bond acceptors (Lipinski definition) is 1. The van der Waals surface area contributed by atoms with Crippen molar-refractivity contribution in [1.29, 1.82) is 0 Å². The van der Waals surface area contributed by atoms with Crippen LogP contribution in [0.5, 0.6) is 0 Å². The Kier molecular flexibility index (Phi) is 4.10. The Hall–Kier alpha value is -1.57. The van der Waals surface area contributed by atoms with E-state index in [0.29, 0.717) is 5.57 Å². The smallest absolute Gasteiger partial charge is 0.331 e. The highest BCUT2D eigenvalue weighted by molar-refractivity contribution is 5.92. The minimum atomic E-state index is -0.826. The van der Waals surface area contributed by atoms with E-state index in [1.54, 1.807) is 6.08 Å². The second-order valence-electron chi connectivity index (χ2n) is 3.62. The lowest BCUT2D eigenvalue weighted by atomic mass is 9.96. The Balaban J connectivity index is 2.99. The maximum absolute atomic E-state index is 11.0. The van der Waals surface area contributed by atoms with Crippen molar-refractivity contribution in [2.24, 2.45) is 5.92 Å². The predicted octanol–water partition coefficient (Wildman–Crippen LogP) is 3.20. The Morgan fingerprint density at radius 1 is 1.40 bits per heavy atom. The summed E-state index contributed by atoms with van der Waals surface area (Å²) < 4.78 is 0. The van der Waals surface area contributed by atoms with Crippen molar-refractivity contribution in [3.05, 3.63) is 41.5 Å². The molecule has 0 spiro atoms. The lowest BCUT2D eigenvalue weighted by Gasteiger charge is -2.09. The van der Waals surface area contributed by atoms with Gasteiger partial charge in [0.2, 0.25) is 0 Å². The molecule has 0 aromatic heterocycles. The standard InChI is InChI=1S/C13H16O2/c1-3-10(2)12(13(14)15)9-11-7-5-4-6-8-11/h4-10H,3H2,1-2H3,(H,14,15). The first-order valence-corrected chi connectivity index (χ1v) is 5.15. The Bertz CT molecular complexity index is 352. The van der Waals surface area contributed by atoms with Gasteiger partial charge in [-0.1, -0.05) is 44.2 Å². The quantitative estimate of drug-likeness (QED) is 0.765. The molecule has 0 aliphatic heterocycles. The second kappa shape index (κ2) is 5.35. The van der Waals surface area contributed by atoms with Crippen molar-refractivity contribution < 1.29 is 9.90 Å². The zero-order valence-corrected chi connectivity index (χ0v) is 9.10. The minimum absolute atomic E-state index is 0.0858. The summed E-state index contributed by atoms with van der Waals surface area (Å²) in [5, 5.41) is 9.07. The number of hydrogen-bond donors (Lipinski definition) is 1. The van der Waals surface area contributed by atoms with Gasteiger partial charge in [0.1, 0.15) is 0 Å². The summed E-state index contributed by atoms with van der Waals surface area (Å²) in [6.45, 7) is 3.93. The van der Waals surface area contributed by atoms with Gasteiger partial charge in [-0.25, -0.2) is 4.79 Å². The van der Waals surface area contributed by atoms with Crippen molar-refractivity contribution >= 4 is 12.0 Å². The molecular weight excluding hydrogens is 188 g/mol. The van der Waals surface area contributed by atoms with Gasteiger partial charge in [0.15, 0.2) is 0 Å². The third kappa shape index (κ3) is 3.24. The fourth-order valence-electron chi connectivity index (χ4n) is 1.36. The fourth-order valence-corrected chi connectivity index (χ4v) is 1.36. The molecule has 0 saturated heterocycles. The van der Waals surface area contributed by atoms with Crippen molar-refractivity contribution in [1.82, 2.24) is 0 Å². The average molecular weight is 204 g/mol. The highest BCUT2D eigenvalue weighted by Gasteiger charge is 2.13. The predicted molar refractivity (Wildman–Crippen MR) is 61.5 cm³/mol. The molecule has 1 unspecified atom stereocenters. The molecule has 1 N–H and O–H groups in total. The van der Waals surface area contributed by atoms with Gasteiger partial charge < -0.3 is 5.11 Å². The van der Waals surface area contributed by atoms with Crippen LogP contribution in [0.15, 0.2) is 35.9 Å². The molecule has 80 valence electrons. The van der Waals surface area contributed by atoms with Crippen LogP contribution in [-0.2, 0) is 4.79 Å². The zero-order valence-electron chi connectivity index (χ0n) is 9.10. The summed E-state index contributed by atoms with van der Waals surface area (Å²) in [7, 11) is 0. The van der Waals surface area contributed by atoms with Gasteiger partial charge in [-0.05, 0) is 24.0 Å². The molecule has 1 aromatic rings.